The van der Waals surface area contributed by atoms with Crippen LogP contribution in [0.2, 0.25) is 0 Å². The number of ether oxygens (including phenoxy) is 3. The molecule has 0 bridgehead atoms. The van der Waals surface area contributed by atoms with Crippen LogP contribution in [0, 0.1) is 11.3 Å². The first-order valence-corrected chi connectivity index (χ1v) is 8.67. The maximum absolute atomic E-state index is 9.62. The summed E-state index contributed by atoms with van der Waals surface area (Å²) in [5, 5.41) is 21.9. The van der Waals surface area contributed by atoms with Crippen LogP contribution in [-0.2, 0) is 6.61 Å². The molecule has 0 aliphatic heterocycles. The third-order valence-corrected chi connectivity index (χ3v) is 4.26. The second-order valence-corrected chi connectivity index (χ2v) is 5.95. The van der Waals surface area contributed by atoms with E-state index in [4.69, 9.17) is 19.5 Å². The zero-order valence-electron chi connectivity index (χ0n) is 16.3. The Hall–Kier alpha value is -3.83. The second-order valence-electron chi connectivity index (χ2n) is 5.95. The first-order valence-electron chi connectivity index (χ1n) is 8.67. The number of hydrogen-bond acceptors (Lipinski definition) is 8. The molecule has 0 atom stereocenters. The van der Waals surface area contributed by atoms with E-state index in [1.807, 2.05) is 0 Å². The number of aromatic nitrogens is 2. The molecule has 0 fully saturated rings. The Balaban J connectivity index is 1.94. The molecular weight excluding hydrogens is 372 g/mol. The molecule has 29 heavy (non-hydrogen) atoms. The molecule has 8 heteroatoms. The molecule has 0 saturated carbocycles. The van der Waals surface area contributed by atoms with Crippen molar-refractivity contribution in [3.63, 3.8) is 0 Å². The van der Waals surface area contributed by atoms with Crippen molar-refractivity contribution >= 4 is 11.6 Å². The van der Waals surface area contributed by atoms with Gasteiger partial charge in [0.2, 0.25) is 5.95 Å². The lowest BCUT2D eigenvalue weighted by atomic mass is 10.1. The van der Waals surface area contributed by atoms with Crippen molar-refractivity contribution in [3.8, 4) is 34.6 Å². The van der Waals surface area contributed by atoms with Crippen molar-refractivity contribution in [3.05, 3.63) is 53.7 Å². The maximum Gasteiger partial charge on any atom is 0.227 e. The SMILES string of the molecule is COc1cc(-c2ccnc(Nc3cc(CO)c(OC)c(OC)c3)n2)ccc1C#N. The lowest BCUT2D eigenvalue weighted by Crippen LogP contribution is -2.02. The first-order chi connectivity index (χ1) is 14.1. The van der Waals surface area contributed by atoms with Crippen LogP contribution in [0.1, 0.15) is 11.1 Å². The summed E-state index contributed by atoms with van der Waals surface area (Å²) >= 11 is 0. The molecule has 3 rings (SSSR count). The zero-order valence-corrected chi connectivity index (χ0v) is 16.3. The Morgan fingerprint density at radius 3 is 2.48 bits per heavy atom. The molecule has 0 amide bonds. The lowest BCUT2D eigenvalue weighted by Gasteiger charge is -2.14. The van der Waals surface area contributed by atoms with E-state index < -0.39 is 0 Å². The average Bonchev–Trinajstić information content (AvgIpc) is 2.77. The number of benzene rings is 2. The van der Waals surface area contributed by atoms with Gasteiger partial charge < -0.3 is 24.6 Å². The van der Waals surface area contributed by atoms with E-state index >= 15 is 0 Å². The van der Waals surface area contributed by atoms with E-state index in [9.17, 15) is 5.11 Å². The fourth-order valence-electron chi connectivity index (χ4n) is 2.88. The van der Waals surface area contributed by atoms with Gasteiger partial charge in [-0.05, 0) is 24.3 Å². The van der Waals surface area contributed by atoms with Gasteiger partial charge in [-0.2, -0.15) is 5.26 Å². The minimum Gasteiger partial charge on any atom is -0.495 e. The Kier molecular flexibility index (Phi) is 6.12. The van der Waals surface area contributed by atoms with Crippen LogP contribution in [0.3, 0.4) is 0 Å². The van der Waals surface area contributed by atoms with E-state index in [-0.39, 0.29) is 6.61 Å². The molecule has 0 saturated heterocycles. The topological polar surface area (TPSA) is 110 Å². The number of aliphatic hydroxyl groups excluding tert-OH is 1. The minimum atomic E-state index is -0.207. The monoisotopic (exact) mass is 392 g/mol. The summed E-state index contributed by atoms with van der Waals surface area (Å²) < 4.78 is 15.9. The second kappa shape index (κ2) is 8.91. The van der Waals surface area contributed by atoms with E-state index in [0.717, 1.165) is 5.56 Å². The number of anilines is 2. The zero-order chi connectivity index (χ0) is 20.8. The Labute approximate surface area is 168 Å². The highest BCUT2D eigenvalue weighted by atomic mass is 16.5. The molecule has 2 aromatic carbocycles. The van der Waals surface area contributed by atoms with Gasteiger partial charge in [0.25, 0.3) is 0 Å². The van der Waals surface area contributed by atoms with Crippen LogP contribution in [0.5, 0.6) is 17.2 Å². The van der Waals surface area contributed by atoms with Crippen molar-refractivity contribution in [2.45, 2.75) is 6.61 Å². The highest BCUT2D eigenvalue weighted by Gasteiger charge is 2.13. The number of methoxy groups -OCH3 is 3. The van der Waals surface area contributed by atoms with Gasteiger partial charge in [0.05, 0.1) is 39.2 Å². The number of hydrogen-bond donors (Lipinski definition) is 2. The lowest BCUT2D eigenvalue weighted by molar-refractivity contribution is 0.270. The van der Waals surface area contributed by atoms with Crippen molar-refractivity contribution < 1.29 is 19.3 Å². The molecule has 1 aromatic heterocycles. The number of rotatable bonds is 7. The van der Waals surface area contributed by atoms with Gasteiger partial charge in [0.15, 0.2) is 11.5 Å². The molecule has 0 radical (unpaired) electrons. The minimum absolute atomic E-state index is 0.207. The third-order valence-electron chi connectivity index (χ3n) is 4.26. The summed E-state index contributed by atoms with van der Waals surface area (Å²) in [6.07, 6.45) is 1.63. The van der Waals surface area contributed by atoms with Gasteiger partial charge in [-0.15, -0.1) is 0 Å². The largest absolute Gasteiger partial charge is 0.495 e. The summed E-state index contributed by atoms with van der Waals surface area (Å²) in [6, 6.07) is 12.6. The summed E-state index contributed by atoms with van der Waals surface area (Å²) in [4.78, 5) is 8.78. The van der Waals surface area contributed by atoms with Crippen LogP contribution in [0.25, 0.3) is 11.3 Å². The van der Waals surface area contributed by atoms with Crippen molar-refractivity contribution in [1.29, 1.82) is 5.26 Å². The number of aliphatic hydroxyl groups is 1. The molecule has 8 nitrogen and oxygen atoms in total. The van der Waals surface area contributed by atoms with Gasteiger partial charge in [-0.25, -0.2) is 9.97 Å². The first kappa shape index (κ1) is 19.9. The van der Waals surface area contributed by atoms with E-state index in [1.165, 1.54) is 21.3 Å². The van der Waals surface area contributed by atoms with Crippen LogP contribution in [0.4, 0.5) is 11.6 Å². The molecular formula is C21H20N4O4. The van der Waals surface area contributed by atoms with Crippen LogP contribution >= 0.6 is 0 Å². The van der Waals surface area contributed by atoms with Gasteiger partial charge in [0.1, 0.15) is 11.8 Å². The predicted molar refractivity (Wildman–Crippen MR) is 107 cm³/mol. The van der Waals surface area contributed by atoms with Crippen LogP contribution in [0.15, 0.2) is 42.6 Å². The Bertz CT molecular complexity index is 1040. The standard InChI is InChI=1S/C21H20N4O4/c1-27-18-9-13(4-5-14(18)11-22)17-6-7-23-21(25-17)24-16-8-15(12-26)20(29-3)19(10-16)28-2/h4-10,26H,12H2,1-3H3,(H,23,24,25). The van der Waals surface area contributed by atoms with E-state index in [0.29, 0.717) is 45.7 Å². The van der Waals surface area contributed by atoms with Gasteiger partial charge >= 0.3 is 0 Å². The van der Waals surface area contributed by atoms with Gasteiger partial charge in [-0.1, -0.05) is 6.07 Å². The molecule has 0 unspecified atom stereocenters. The molecule has 0 spiro atoms. The predicted octanol–water partition coefficient (Wildman–Crippen LogP) is 3.28. The quantitative estimate of drug-likeness (QED) is 0.630. The molecule has 0 aliphatic carbocycles. The molecule has 0 aliphatic rings. The fraction of sp³-hybridized carbons (Fsp3) is 0.190. The number of nitrogens with one attached hydrogen (secondary N) is 1. The highest BCUT2D eigenvalue weighted by molar-refractivity contribution is 5.67. The number of nitriles is 1. The number of nitrogens with zero attached hydrogens (tertiary/aromatic N) is 3. The summed E-state index contributed by atoms with van der Waals surface area (Å²) in [6.45, 7) is -0.207. The van der Waals surface area contributed by atoms with Crippen LogP contribution < -0.4 is 19.5 Å². The van der Waals surface area contributed by atoms with Crippen molar-refractivity contribution in [2.24, 2.45) is 0 Å². The Morgan fingerprint density at radius 1 is 1.03 bits per heavy atom. The summed E-state index contributed by atoms with van der Waals surface area (Å²) in [5.41, 5.74) is 3.11. The molecule has 2 N–H and O–H groups in total. The van der Waals surface area contributed by atoms with Gasteiger partial charge in [-0.3, -0.25) is 0 Å². The molecule has 1 heterocycles. The Morgan fingerprint density at radius 2 is 1.83 bits per heavy atom. The summed E-state index contributed by atoms with van der Waals surface area (Å²) in [5.74, 6) is 1.79. The molecule has 3 aromatic rings. The van der Waals surface area contributed by atoms with Gasteiger partial charge in [0, 0.05) is 29.1 Å². The third kappa shape index (κ3) is 4.20. The fourth-order valence-corrected chi connectivity index (χ4v) is 2.88. The highest BCUT2D eigenvalue weighted by Crippen LogP contribution is 2.35. The maximum atomic E-state index is 9.62. The smallest absolute Gasteiger partial charge is 0.227 e. The van der Waals surface area contributed by atoms with Crippen molar-refractivity contribution in [2.75, 3.05) is 26.6 Å². The average molecular weight is 392 g/mol. The van der Waals surface area contributed by atoms with Crippen LogP contribution in [-0.4, -0.2) is 36.4 Å². The van der Waals surface area contributed by atoms with E-state index in [2.05, 4.69) is 21.4 Å². The van der Waals surface area contributed by atoms with E-state index in [1.54, 1.807) is 42.6 Å². The summed E-state index contributed by atoms with van der Waals surface area (Å²) in [7, 11) is 4.56. The molecule has 148 valence electrons. The normalized spacial score (nSPS) is 10.2. The van der Waals surface area contributed by atoms with Crippen molar-refractivity contribution in [1.82, 2.24) is 9.97 Å².